The first kappa shape index (κ1) is 15.0. The molecule has 2 aromatic rings. The van der Waals surface area contributed by atoms with E-state index in [0.29, 0.717) is 0 Å². The van der Waals surface area contributed by atoms with E-state index < -0.39 is 0 Å². The Bertz CT molecular complexity index is 609. The molecule has 1 fully saturated rings. The van der Waals surface area contributed by atoms with E-state index in [1.807, 2.05) is 18.2 Å². The highest BCUT2D eigenvalue weighted by Gasteiger charge is 2.11. The molecule has 1 saturated heterocycles. The molecule has 1 aliphatic heterocycles. The molecular weight excluding hydrogens is 350 g/mol. The van der Waals surface area contributed by atoms with E-state index in [2.05, 4.69) is 45.1 Å². The van der Waals surface area contributed by atoms with Crippen LogP contribution in [-0.2, 0) is 11.3 Å². The Balaban J connectivity index is 1.75. The van der Waals surface area contributed by atoms with Gasteiger partial charge in [0.15, 0.2) is 0 Å². The van der Waals surface area contributed by atoms with Crippen LogP contribution in [0.4, 0.5) is 0 Å². The smallest absolute Gasteiger partial charge is 0.0626 e. The highest BCUT2D eigenvalue weighted by Crippen LogP contribution is 2.33. The van der Waals surface area contributed by atoms with E-state index in [9.17, 15) is 0 Å². The molecule has 0 spiro atoms. The van der Waals surface area contributed by atoms with Crippen molar-refractivity contribution in [1.29, 1.82) is 0 Å². The minimum atomic E-state index is 0.762. The highest BCUT2D eigenvalue weighted by molar-refractivity contribution is 9.10. The van der Waals surface area contributed by atoms with Crippen molar-refractivity contribution in [1.82, 2.24) is 4.90 Å². The predicted molar refractivity (Wildman–Crippen MR) is 90.7 cm³/mol. The van der Waals surface area contributed by atoms with Gasteiger partial charge >= 0.3 is 0 Å². The number of hydrogen-bond donors (Lipinski definition) is 0. The molecule has 0 amide bonds. The summed E-state index contributed by atoms with van der Waals surface area (Å²) in [7, 11) is 0. The lowest BCUT2D eigenvalue weighted by atomic mass is 10.0. The fourth-order valence-corrected chi connectivity index (χ4v) is 3.14. The van der Waals surface area contributed by atoms with E-state index in [1.165, 1.54) is 5.56 Å². The van der Waals surface area contributed by atoms with E-state index >= 15 is 0 Å². The summed E-state index contributed by atoms with van der Waals surface area (Å²) in [5.41, 5.74) is 3.53. The number of halogens is 2. The Kier molecular flexibility index (Phi) is 4.96. The van der Waals surface area contributed by atoms with Crippen LogP contribution >= 0.6 is 27.5 Å². The van der Waals surface area contributed by atoms with Crippen LogP contribution in [0.5, 0.6) is 0 Å². The summed E-state index contributed by atoms with van der Waals surface area (Å²) < 4.78 is 6.31. The molecule has 0 unspecified atom stereocenters. The first-order valence-electron chi connectivity index (χ1n) is 7.07. The molecule has 0 bridgehead atoms. The van der Waals surface area contributed by atoms with Crippen LogP contribution in [0, 0.1) is 0 Å². The standard InChI is InChI=1S/C17H17BrClNO/c18-16-3-1-2-15(17(16)19)14-6-4-13(5-7-14)12-20-8-10-21-11-9-20/h1-7H,8-12H2. The van der Waals surface area contributed by atoms with Crippen LogP contribution in [-0.4, -0.2) is 31.2 Å². The molecule has 2 aromatic carbocycles. The van der Waals surface area contributed by atoms with Crippen LogP contribution in [0.1, 0.15) is 5.56 Å². The van der Waals surface area contributed by atoms with Gasteiger partial charge in [0.1, 0.15) is 0 Å². The zero-order valence-corrected chi connectivity index (χ0v) is 14.0. The Labute approximate surface area is 138 Å². The molecule has 0 atom stereocenters. The molecule has 0 saturated carbocycles. The highest BCUT2D eigenvalue weighted by atomic mass is 79.9. The van der Waals surface area contributed by atoms with Gasteiger partial charge in [-0.15, -0.1) is 0 Å². The number of ether oxygens (including phenoxy) is 1. The van der Waals surface area contributed by atoms with E-state index in [-0.39, 0.29) is 0 Å². The summed E-state index contributed by atoms with van der Waals surface area (Å²) in [5.74, 6) is 0. The molecule has 3 rings (SSSR count). The van der Waals surface area contributed by atoms with E-state index in [4.69, 9.17) is 16.3 Å². The second-order valence-corrected chi connectivity index (χ2v) is 6.42. The maximum atomic E-state index is 6.35. The van der Waals surface area contributed by atoms with Gasteiger partial charge in [-0.05, 0) is 33.1 Å². The Morgan fingerprint density at radius 1 is 1.05 bits per heavy atom. The minimum Gasteiger partial charge on any atom is -0.379 e. The van der Waals surface area contributed by atoms with Gasteiger partial charge in [0.2, 0.25) is 0 Å². The van der Waals surface area contributed by atoms with Crippen LogP contribution in [0.25, 0.3) is 11.1 Å². The molecular formula is C17H17BrClNO. The number of morpholine rings is 1. The Hall–Kier alpha value is -0.870. The summed E-state index contributed by atoms with van der Waals surface area (Å²) in [6.07, 6.45) is 0. The first-order valence-corrected chi connectivity index (χ1v) is 8.24. The number of hydrogen-bond acceptors (Lipinski definition) is 2. The van der Waals surface area contributed by atoms with Crippen LogP contribution in [0.3, 0.4) is 0 Å². The fraction of sp³-hybridized carbons (Fsp3) is 0.294. The molecule has 110 valence electrons. The van der Waals surface area contributed by atoms with Crippen molar-refractivity contribution in [2.75, 3.05) is 26.3 Å². The molecule has 0 aromatic heterocycles. The third-order valence-electron chi connectivity index (χ3n) is 3.73. The molecule has 4 heteroatoms. The van der Waals surface area contributed by atoms with Crippen molar-refractivity contribution in [3.8, 4) is 11.1 Å². The van der Waals surface area contributed by atoms with Gasteiger partial charge in [-0.25, -0.2) is 0 Å². The number of benzene rings is 2. The van der Waals surface area contributed by atoms with Gasteiger partial charge in [-0.1, -0.05) is 48.0 Å². The van der Waals surface area contributed by atoms with E-state index in [1.54, 1.807) is 0 Å². The summed E-state index contributed by atoms with van der Waals surface area (Å²) in [6.45, 7) is 4.69. The molecule has 0 radical (unpaired) electrons. The largest absolute Gasteiger partial charge is 0.379 e. The maximum Gasteiger partial charge on any atom is 0.0626 e. The average molecular weight is 367 g/mol. The molecule has 2 nitrogen and oxygen atoms in total. The van der Waals surface area contributed by atoms with Gasteiger partial charge in [0.25, 0.3) is 0 Å². The second-order valence-electron chi connectivity index (χ2n) is 5.19. The van der Waals surface area contributed by atoms with Gasteiger partial charge in [-0.2, -0.15) is 0 Å². The second kappa shape index (κ2) is 6.93. The third-order valence-corrected chi connectivity index (χ3v) is 5.02. The first-order chi connectivity index (χ1) is 10.2. The van der Waals surface area contributed by atoms with Gasteiger partial charge in [0.05, 0.1) is 18.2 Å². The van der Waals surface area contributed by atoms with E-state index in [0.717, 1.165) is 53.5 Å². The number of rotatable bonds is 3. The fourth-order valence-electron chi connectivity index (χ4n) is 2.53. The van der Waals surface area contributed by atoms with Crippen LogP contribution in [0.2, 0.25) is 5.02 Å². The lowest BCUT2D eigenvalue weighted by Crippen LogP contribution is -2.35. The lowest BCUT2D eigenvalue weighted by Gasteiger charge is -2.26. The minimum absolute atomic E-state index is 0.762. The van der Waals surface area contributed by atoms with Crippen molar-refractivity contribution in [2.45, 2.75) is 6.54 Å². The SMILES string of the molecule is Clc1c(Br)cccc1-c1ccc(CN2CCOCC2)cc1. The Morgan fingerprint density at radius 3 is 2.48 bits per heavy atom. The molecule has 0 aliphatic carbocycles. The Morgan fingerprint density at radius 2 is 1.76 bits per heavy atom. The van der Waals surface area contributed by atoms with Crippen LogP contribution in [0.15, 0.2) is 46.9 Å². The quantitative estimate of drug-likeness (QED) is 0.787. The zero-order chi connectivity index (χ0) is 14.7. The normalized spacial score (nSPS) is 16.1. The monoisotopic (exact) mass is 365 g/mol. The van der Waals surface area contributed by atoms with Crippen molar-refractivity contribution in [3.05, 3.63) is 57.5 Å². The molecule has 1 aliphatic rings. The molecule has 21 heavy (non-hydrogen) atoms. The lowest BCUT2D eigenvalue weighted by molar-refractivity contribution is 0.0342. The summed E-state index contributed by atoms with van der Waals surface area (Å²) in [5, 5.41) is 0.762. The molecule has 1 heterocycles. The van der Waals surface area contributed by atoms with Gasteiger partial charge in [-0.3, -0.25) is 4.90 Å². The van der Waals surface area contributed by atoms with Crippen molar-refractivity contribution < 1.29 is 4.74 Å². The third kappa shape index (κ3) is 3.67. The zero-order valence-electron chi connectivity index (χ0n) is 11.7. The van der Waals surface area contributed by atoms with Gasteiger partial charge in [0, 0.05) is 29.7 Å². The number of nitrogens with zero attached hydrogens (tertiary/aromatic N) is 1. The topological polar surface area (TPSA) is 12.5 Å². The summed E-state index contributed by atoms with van der Waals surface area (Å²) in [6, 6.07) is 14.7. The molecule has 0 N–H and O–H groups in total. The maximum absolute atomic E-state index is 6.35. The van der Waals surface area contributed by atoms with Crippen molar-refractivity contribution in [3.63, 3.8) is 0 Å². The van der Waals surface area contributed by atoms with Crippen molar-refractivity contribution >= 4 is 27.5 Å². The average Bonchev–Trinajstić information content (AvgIpc) is 2.52. The predicted octanol–water partition coefficient (Wildman–Crippen LogP) is 4.60. The van der Waals surface area contributed by atoms with Gasteiger partial charge < -0.3 is 4.74 Å². The summed E-state index contributed by atoms with van der Waals surface area (Å²) in [4.78, 5) is 2.42. The van der Waals surface area contributed by atoms with Crippen molar-refractivity contribution in [2.24, 2.45) is 0 Å². The van der Waals surface area contributed by atoms with Crippen LogP contribution < -0.4 is 0 Å². The summed E-state index contributed by atoms with van der Waals surface area (Å²) >= 11 is 9.83.